The smallest absolute Gasteiger partial charge is 0.254 e. The molecule has 0 spiro atoms. The van der Waals surface area contributed by atoms with E-state index in [9.17, 15) is 9.18 Å². The van der Waals surface area contributed by atoms with E-state index in [1.807, 2.05) is 24.3 Å². The van der Waals surface area contributed by atoms with Crippen molar-refractivity contribution < 1.29 is 9.18 Å². The number of imidazole rings is 1. The Kier molecular flexibility index (Phi) is 3.94. The van der Waals surface area contributed by atoms with Gasteiger partial charge in [0.15, 0.2) is 0 Å². The van der Waals surface area contributed by atoms with Crippen LogP contribution in [0.25, 0.3) is 11.0 Å². The normalized spacial score (nSPS) is 12.3. The fraction of sp³-hybridized carbons (Fsp3) is 0.125. The third-order valence-corrected chi connectivity index (χ3v) is 3.83. The van der Waals surface area contributed by atoms with E-state index in [1.165, 1.54) is 12.1 Å². The van der Waals surface area contributed by atoms with Crippen LogP contribution in [-0.2, 0) is 0 Å². The summed E-state index contributed by atoms with van der Waals surface area (Å²) in [5, 5.41) is 2.75. The number of carbonyl (C=O) groups excluding carboxylic acids is 1. The van der Waals surface area contributed by atoms with Crippen molar-refractivity contribution in [3.63, 3.8) is 0 Å². The topological polar surface area (TPSA) is 57.8 Å². The standard InChI is InChI=1S/C16H13BrFN3O/c1-9(15-20-13-4-2-3-5-14(13)21-15)19-16(22)11-8-10(17)6-7-12(11)18/h2-9H,1H3,(H,19,22)(H,20,21)/t9-/m1/s1. The van der Waals surface area contributed by atoms with Gasteiger partial charge in [0.25, 0.3) is 5.91 Å². The van der Waals surface area contributed by atoms with Crippen molar-refractivity contribution in [3.05, 3.63) is 64.1 Å². The first-order valence-corrected chi connectivity index (χ1v) is 7.54. The Morgan fingerprint density at radius 1 is 1.32 bits per heavy atom. The number of aromatic nitrogens is 2. The maximum Gasteiger partial charge on any atom is 0.254 e. The number of para-hydroxylation sites is 2. The van der Waals surface area contributed by atoms with Gasteiger partial charge in [-0.2, -0.15) is 0 Å². The van der Waals surface area contributed by atoms with Gasteiger partial charge in [-0.25, -0.2) is 9.37 Å². The van der Waals surface area contributed by atoms with E-state index in [0.29, 0.717) is 10.3 Å². The molecule has 0 aliphatic heterocycles. The summed E-state index contributed by atoms with van der Waals surface area (Å²) in [6, 6.07) is 11.5. The molecule has 0 saturated carbocycles. The van der Waals surface area contributed by atoms with Crippen molar-refractivity contribution in [2.75, 3.05) is 0 Å². The zero-order valence-corrected chi connectivity index (χ0v) is 13.3. The minimum atomic E-state index is -0.558. The predicted molar refractivity (Wildman–Crippen MR) is 86.1 cm³/mol. The highest BCUT2D eigenvalue weighted by atomic mass is 79.9. The molecule has 112 valence electrons. The van der Waals surface area contributed by atoms with Crippen LogP contribution in [0.3, 0.4) is 0 Å². The molecule has 3 rings (SSSR count). The van der Waals surface area contributed by atoms with Crippen molar-refractivity contribution in [3.8, 4) is 0 Å². The van der Waals surface area contributed by atoms with E-state index in [0.717, 1.165) is 11.0 Å². The van der Waals surface area contributed by atoms with Crippen molar-refractivity contribution in [2.45, 2.75) is 13.0 Å². The molecule has 4 nitrogen and oxygen atoms in total. The van der Waals surface area contributed by atoms with Crippen LogP contribution in [0.4, 0.5) is 4.39 Å². The summed E-state index contributed by atoms with van der Waals surface area (Å²) in [7, 11) is 0. The molecule has 3 aromatic rings. The van der Waals surface area contributed by atoms with Gasteiger partial charge in [-0.15, -0.1) is 0 Å². The van der Waals surface area contributed by atoms with Gasteiger partial charge in [0, 0.05) is 4.47 Å². The van der Waals surface area contributed by atoms with Gasteiger partial charge >= 0.3 is 0 Å². The maximum atomic E-state index is 13.7. The number of halogens is 2. The number of fused-ring (bicyclic) bond motifs is 1. The zero-order valence-electron chi connectivity index (χ0n) is 11.7. The number of benzene rings is 2. The lowest BCUT2D eigenvalue weighted by Gasteiger charge is -2.12. The van der Waals surface area contributed by atoms with Crippen LogP contribution >= 0.6 is 15.9 Å². The molecule has 1 atom stereocenters. The first-order chi connectivity index (χ1) is 10.5. The summed E-state index contributed by atoms with van der Waals surface area (Å²) in [5.41, 5.74) is 1.72. The lowest BCUT2D eigenvalue weighted by atomic mass is 10.2. The molecule has 1 heterocycles. The highest BCUT2D eigenvalue weighted by molar-refractivity contribution is 9.10. The molecular weight excluding hydrogens is 349 g/mol. The minimum Gasteiger partial charge on any atom is -0.342 e. The zero-order chi connectivity index (χ0) is 15.7. The van der Waals surface area contributed by atoms with Crippen LogP contribution in [0.5, 0.6) is 0 Å². The van der Waals surface area contributed by atoms with Gasteiger partial charge in [0.2, 0.25) is 0 Å². The predicted octanol–water partition coefficient (Wildman–Crippen LogP) is 3.96. The van der Waals surface area contributed by atoms with Crippen LogP contribution in [-0.4, -0.2) is 15.9 Å². The molecule has 2 aromatic carbocycles. The largest absolute Gasteiger partial charge is 0.342 e. The Bertz CT molecular complexity index is 813. The lowest BCUT2D eigenvalue weighted by molar-refractivity contribution is 0.0934. The minimum absolute atomic E-state index is 0.00247. The fourth-order valence-corrected chi connectivity index (χ4v) is 2.55. The molecule has 0 saturated heterocycles. The van der Waals surface area contributed by atoms with Crippen LogP contribution in [0.15, 0.2) is 46.9 Å². The lowest BCUT2D eigenvalue weighted by Crippen LogP contribution is -2.28. The van der Waals surface area contributed by atoms with E-state index in [2.05, 4.69) is 31.2 Å². The average molecular weight is 362 g/mol. The SMILES string of the molecule is C[C@@H](NC(=O)c1cc(Br)ccc1F)c1nc2ccccc2[nH]1. The highest BCUT2D eigenvalue weighted by Crippen LogP contribution is 2.18. The third kappa shape index (κ3) is 2.87. The summed E-state index contributed by atoms with van der Waals surface area (Å²) in [5.74, 6) is -0.408. The molecule has 22 heavy (non-hydrogen) atoms. The average Bonchev–Trinajstić information content (AvgIpc) is 2.93. The number of nitrogens with zero attached hydrogens (tertiary/aromatic N) is 1. The second-order valence-corrected chi connectivity index (χ2v) is 5.87. The Morgan fingerprint density at radius 2 is 2.09 bits per heavy atom. The van der Waals surface area contributed by atoms with Gasteiger partial charge < -0.3 is 10.3 Å². The number of H-pyrrole nitrogens is 1. The Labute approximate surface area is 134 Å². The van der Waals surface area contributed by atoms with Gasteiger partial charge in [0.1, 0.15) is 11.6 Å². The monoisotopic (exact) mass is 361 g/mol. The van der Waals surface area contributed by atoms with Crippen LogP contribution in [0.2, 0.25) is 0 Å². The van der Waals surface area contributed by atoms with Gasteiger partial charge in [-0.3, -0.25) is 4.79 Å². The van der Waals surface area contributed by atoms with Gasteiger partial charge in [0.05, 0.1) is 22.6 Å². The van der Waals surface area contributed by atoms with Crippen LogP contribution < -0.4 is 5.32 Å². The summed E-state index contributed by atoms with van der Waals surface area (Å²) in [4.78, 5) is 19.8. The van der Waals surface area contributed by atoms with Gasteiger partial charge in [-0.05, 0) is 37.3 Å². The Morgan fingerprint density at radius 3 is 2.86 bits per heavy atom. The number of aromatic amines is 1. The quantitative estimate of drug-likeness (QED) is 0.741. The molecule has 0 aliphatic carbocycles. The summed E-state index contributed by atoms with van der Waals surface area (Å²) >= 11 is 3.23. The number of nitrogens with one attached hydrogen (secondary N) is 2. The molecule has 2 N–H and O–H groups in total. The van der Waals surface area contributed by atoms with Crippen molar-refractivity contribution in [2.24, 2.45) is 0 Å². The van der Waals surface area contributed by atoms with E-state index < -0.39 is 11.7 Å². The van der Waals surface area contributed by atoms with E-state index in [-0.39, 0.29) is 11.6 Å². The van der Waals surface area contributed by atoms with E-state index in [4.69, 9.17) is 0 Å². The summed E-state index contributed by atoms with van der Waals surface area (Å²) in [6.45, 7) is 1.80. The van der Waals surface area contributed by atoms with Crippen molar-refractivity contribution >= 4 is 32.9 Å². The van der Waals surface area contributed by atoms with Crippen LogP contribution in [0, 0.1) is 5.82 Å². The number of carbonyl (C=O) groups is 1. The Hall–Kier alpha value is -2.21. The first-order valence-electron chi connectivity index (χ1n) is 6.75. The molecule has 6 heteroatoms. The van der Waals surface area contributed by atoms with Crippen molar-refractivity contribution in [1.29, 1.82) is 0 Å². The maximum absolute atomic E-state index is 13.7. The van der Waals surface area contributed by atoms with Gasteiger partial charge in [-0.1, -0.05) is 28.1 Å². The molecule has 0 aliphatic rings. The summed E-state index contributed by atoms with van der Waals surface area (Å²) < 4.78 is 14.4. The molecular formula is C16H13BrFN3O. The fourth-order valence-electron chi connectivity index (χ4n) is 2.19. The second kappa shape index (κ2) is 5.88. The number of rotatable bonds is 3. The van der Waals surface area contributed by atoms with Crippen LogP contribution in [0.1, 0.15) is 29.1 Å². The van der Waals surface area contributed by atoms with E-state index in [1.54, 1.807) is 13.0 Å². The molecule has 0 unspecified atom stereocenters. The molecule has 1 amide bonds. The Balaban J connectivity index is 1.82. The van der Waals surface area contributed by atoms with Crippen molar-refractivity contribution in [1.82, 2.24) is 15.3 Å². The third-order valence-electron chi connectivity index (χ3n) is 3.34. The highest BCUT2D eigenvalue weighted by Gasteiger charge is 2.17. The molecule has 0 bridgehead atoms. The van der Waals surface area contributed by atoms with E-state index >= 15 is 0 Å². The number of hydrogen-bond donors (Lipinski definition) is 2. The molecule has 0 radical (unpaired) electrons. The molecule has 0 fully saturated rings. The molecule has 1 aromatic heterocycles. The number of amides is 1. The second-order valence-electron chi connectivity index (χ2n) is 4.96. The first kappa shape index (κ1) is 14.7. The number of hydrogen-bond acceptors (Lipinski definition) is 2. The summed E-state index contributed by atoms with van der Waals surface area (Å²) in [6.07, 6.45) is 0.